The maximum Gasteiger partial charge on any atom is 0.350 e. The molecule has 3 aliphatic rings. The minimum Gasteiger partial charge on any atom is -0.360 e. The SMILES string of the molecule is CCN1C[C@@]23C=C[C@@H](O2)[C@H](C(=O)NCCn2nc4c(C)cc5ccccc5n4c2=O)[C@@H]3C1=O. The molecule has 3 aliphatic heterocycles. The van der Waals surface area contributed by atoms with Crippen LogP contribution in [0.25, 0.3) is 16.6 Å². The number of para-hydroxylation sites is 1. The van der Waals surface area contributed by atoms with Crippen LogP contribution in [0.4, 0.5) is 0 Å². The van der Waals surface area contributed by atoms with Crippen molar-refractivity contribution in [3.05, 3.63) is 58.5 Å². The van der Waals surface area contributed by atoms with Crippen molar-refractivity contribution >= 4 is 28.4 Å². The van der Waals surface area contributed by atoms with Crippen molar-refractivity contribution in [1.82, 2.24) is 24.4 Å². The zero-order valence-electron chi connectivity index (χ0n) is 18.5. The Morgan fingerprint density at radius 2 is 2.12 bits per heavy atom. The minimum atomic E-state index is -0.684. The first-order valence-electron chi connectivity index (χ1n) is 11.3. The van der Waals surface area contributed by atoms with Gasteiger partial charge >= 0.3 is 5.69 Å². The topological polar surface area (TPSA) is 97.9 Å². The molecule has 1 N–H and O–H groups in total. The number of pyridine rings is 1. The van der Waals surface area contributed by atoms with Crippen molar-refractivity contribution in [2.24, 2.45) is 11.8 Å². The monoisotopic (exact) mass is 447 g/mol. The molecule has 6 rings (SSSR count). The van der Waals surface area contributed by atoms with Gasteiger partial charge in [0.1, 0.15) is 5.60 Å². The number of hydrogen-bond donors (Lipinski definition) is 1. The van der Waals surface area contributed by atoms with Crippen molar-refractivity contribution < 1.29 is 14.3 Å². The van der Waals surface area contributed by atoms with Crippen LogP contribution < -0.4 is 11.0 Å². The summed E-state index contributed by atoms with van der Waals surface area (Å²) in [5.74, 6) is -1.29. The number of aryl methyl sites for hydroxylation is 1. The molecule has 2 aromatic heterocycles. The zero-order valence-corrected chi connectivity index (χ0v) is 18.5. The van der Waals surface area contributed by atoms with Crippen molar-refractivity contribution in [3.63, 3.8) is 0 Å². The third-order valence-electron chi connectivity index (χ3n) is 7.23. The first kappa shape index (κ1) is 20.2. The molecule has 0 unspecified atom stereocenters. The predicted octanol–water partition coefficient (Wildman–Crippen LogP) is 0.876. The molecule has 2 bridgehead atoms. The standard InChI is InChI=1S/C24H25N5O4/c1-3-27-13-24-9-8-17(33-24)18(19(24)22(27)31)21(30)25-10-11-28-23(32)29-16-7-5-4-6-15(16)12-14(2)20(29)26-28/h4-9,12,17-19H,3,10-11,13H2,1-2H3,(H,25,30)/t17-,18+,19-,24-/m1/s1. The molecule has 1 aromatic carbocycles. The Kier molecular flexibility index (Phi) is 4.29. The molecule has 2 amide bonds. The van der Waals surface area contributed by atoms with Gasteiger partial charge in [0.25, 0.3) is 0 Å². The third-order valence-corrected chi connectivity index (χ3v) is 7.23. The number of aromatic nitrogens is 3. The van der Waals surface area contributed by atoms with E-state index in [1.165, 1.54) is 4.68 Å². The number of likely N-dealkylation sites (tertiary alicyclic amines) is 1. The van der Waals surface area contributed by atoms with E-state index >= 15 is 0 Å². The van der Waals surface area contributed by atoms with Gasteiger partial charge in [-0.3, -0.25) is 9.59 Å². The molecule has 3 aromatic rings. The second-order valence-electron chi connectivity index (χ2n) is 9.09. The third kappa shape index (κ3) is 2.75. The average Bonchev–Trinajstić information content (AvgIpc) is 3.53. The zero-order chi connectivity index (χ0) is 22.9. The van der Waals surface area contributed by atoms with E-state index in [0.717, 1.165) is 16.5 Å². The van der Waals surface area contributed by atoms with Gasteiger partial charge in [-0.25, -0.2) is 13.9 Å². The summed E-state index contributed by atoms with van der Waals surface area (Å²) in [6.07, 6.45) is 3.46. The number of hydrogen-bond acceptors (Lipinski definition) is 5. The molecular weight excluding hydrogens is 422 g/mol. The normalized spacial score (nSPS) is 27.8. The molecule has 9 nitrogen and oxygen atoms in total. The highest BCUT2D eigenvalue weighted by atomic mass is 16.5. The minimum absolute atomic E-state index is 0.0246. The Hall–Kier alpha value is -3.46. The van der Waals surface area contributed by atoms with Crippen molar-refractivity contribution in [2.75, 3.05) is 19.6 Å². The van der Waals surface area contributed by atoms with E-state index in [-0.39, 0.29) is 36.7 Å². The number of likely N-dealkylation sites (N-methyl/N-ethyl adjacent to an activating group) is 1. The number of carbonyl (C=O) groups excluding carboxylic acids is 2. The van der Waals surface area contributed by atoms with E-state index in [1.807, 2.05) is 56.3 Å². The molecule has 2 saturated heterocycles. The number of nitrogens with one attached hydrogen (secondary N) is 1. The Morgan fingerprint density at radius 1 is 1.30 bits per heavy atom. The first-order valence-corrected chi connectivity index (χ1v) is 11.3. The van der Waals surface area contributed by atoms with Crippen molar-refractivity contribution in [1.29, 1.82) is 0 Å². The maximum atomic E-state index is 13.1. The summed E-state index contributed by atoms with van der Waals surface area (Å²) in [7, 11) is 0. The number of amides is 2. The van der Waals surface area contributed by atoms with Crippen LogP contribution in [0.5, 0.6) is 0 Å². The summed E-state index contributed by atoms with van der Waals surface area (Å²) in [5.41, 5.74) is 1.39. The fourth-order valence-electron chi connectivity index (χ4n) is 5.69. The number of nitrogens with zero attached hydrogens (tertiary/aromatic N) is 4. The van der Waals surface area contributed by atoms with Gasteiger partial charge < -0.3 is 15.0 Å². The largest absolute Gasteiger partial charge is 0.360 e. The predicted molar refractivity (Wildman–Crippen MR) is 121 cm³/mol. The van der Waals surface area contributed by atoms with Crippen LogP contribution in [-0.2, 0) is 20.9 Å². The Balaban J connectivity index is 1.21. The van der Waals surface area contributed by atoms with E-state index in [0.29, 0.717) is 18.7 Å². The molecule has 33 heavy (non-hydrogen) atoms. The fourth-order valence-corrected chi connectivity index (χ4v) is 5.69. The smallest absolute Gasteiger partial charge is 0.350 e. The van der Waals surface area contributed by atoms with Gasteiger partial charge in [-0.2, -0.15) is 0 Å². The van der Waals surface area contributed by atoms with E-state index in [4.69, 9.17) is 4.74 Å². The van der Waals surface area contributed by atoms with Gasteiger partial charge in [-0.1, -0.05) is 30.4 Å². The van der Waals surface area contributed by atoms with Crippen LogP contribution in [0, 0.1) is 18.8 Å². The highest BCUT2D eigenvalue weighted by Crippen LogP contribution is 2.51. The summed E-state index contributed by atoms with van der Waals surface area (Å²) in [6.45, 7) is 5.41. The molecule has 170 valence electrons. The lowest BCUT2D eigenvalue weighted by Crippen LogP contribution is -2.45. The Bertz CT molecular complexity index is 1410. The lowest BCUT2D eigenvalue weighted by atomic mass is 9.77. The van der Waals surface area contributed by atoms with E-state index in [2.05, 4.69) is 10.4 Å². The van der Waals surface area contributed by atoms with Gasteiger partial charge in [-0.05, 0) is 36.9 Å². The number of carbonyl (C=O) groups is 2. The average molecular weight is 447 g/mol. The molecule has 0 aliphatic carbocycles. The number of fused-ring (bicyclic) bond motifs is 4. The summed E-state index contributed by atoms with van der Waals surface area (Å²) in [5, 5.41) is 8.38. The molecule has 0 saturated carbocycles. The van der Waals surface area contributed by atoms with E-state index < -0.39 is 17.4 Å². The highest BCUT2D eigenvalue weighted by Gasteiger charge is 2.66. The Morgan fingerprint density at radius 3 is 2.94 bits per heavy atom. The van der Waals surface area contributed by atoms with Crippen LogP contribution in [0.15, 0.2) is 47.3 Å². The fraction of sp³-hybridized carbons (Fsp3) is 0.417. The summed E-state index contributed by atoms with van der Waals surface area (Å²) in [4.78, 5) is 40.8. The Labute approximate surface area is 189 Å². The number of rotatable bonds is 5. The van der Waals surface area contributed by atoms with Crippen molar-refractivity contribution in [2.45, 2.75) is 32.1 Å². The second-order valence-corrected chi connectivity index (χ2v) is 9.09. The second kappa shape index (κ2) is 7.02. The molecular formula is C24H25N5O4. The molecule has 4 atom stereocenters. The number of benzene rings is 1. The van der Waals surface area contributed by atoms with Gasteiger partial charge in [-0.15, -0.1) is 5.10 Å². The summed E-state index contributed by atoms with van der Waals surface area (Å²) < 4.78 is 9.09. The van der Waals surface area contributed by atoms with Crippen LogP contribution in [0.2, 0.25) is 0 Å². The molecule has 9 heteroatoms. The van der Waals surface area contributed by atoms with Gasteiger partial charge in [0.15, 0.2) is 5.65 Å². The summed E-state index contributed by atoms with van der Waals surface area (Å²) >= 11 is 0. The summed E-state index contributed by atoms with van der Waals surface area (Å²) in [6, 6.07) is 9.71. The van der Waals surface area contributed by atoms with Crippen LogP contribution in [-0.4, -0.2) is 62.2 Å². The quantitative estimate of drug-likeness (QED) is 0.586. The molecule has 2 fully saturated rings. The van der Waals surface area contributed by atoms with Crippen LogP contribution in [0.3, 0.4) is 0 Å². The van der Waals surface area contributed by atoms with Crippen LogP contribution >= 0.6 is 0 Å². The molecule has 5 heterocycles. The lowest BCUT2D eigenvalue weighted by Gasteiger charge is -2.23. The van der Waals surface area contributed by atoms with Gasteiger partial charge in [0.05, 0.1) is 36.5 Å². The lowest BCUT2D eigenvalue weighted by molar-refractivity contribution is -0.137. The highest BCUT2D eigenvalue weighted by molar-refractivity contribution is 5.93. The van der Waals surface area contributed by atoms with E-state index in [1.54, 1.807) is 9.30 Å². The molecule has 1 spiro atoms. The molecule has 0 radical (unpaired) electrons. The van der Waals surface area contributed by atoms with Gasteiger partial charge in [0.2, 0.25) is 11.8 Å². The van der Waals surface area contributed by atoms with Crippen molar-refractivity contribution in [3.8, 4) is 0 Å². The van der Waals surface area contributed by atoms with E-state index in [9.17, 15) is 14.4 Å². The maximum absolute atomic E-state index is 13.1. The van der Waals surface area contributed by atoms with Gasteiger partial charge in [0, 0.05) is 13.1 Å². The first-order chi connectivity index (χ1) is 15.9. The van der Waals surface area contributed by atoms with Crippen LogP contribution in [0.1, 0.15) is 12.5 Å². The number of ether oxygens (including phenoxy) is 1.